The highest BCUT2D eigenvalue weighted by Crippen LogP contribution is 2.17. The molecule has 0 spiro atoms. The van der Waals surface area contributed by atoms with Gasteiger partial charge in [-0.25, -0.2) is 4.39 Å². The number of hydrogen-bond donors (Lipinski definition) is 2. The quantitative estimate of drug-likeness (QED) is 0.515. The van der Waals surface area contributed by atoms with Crippen LogP contribution in [0.2, 0.25) is 0 Å². The lowest BCUT2D eigenvalue weighted by atomic mass is 10.1. The molecular formula is C16H16FN3S. The molecular weight excluding hydrogens is 285 g/mol. The lowest BCUT2D eigenvalue weighted by Crippen LogP contribution is -2.24. The van der Waals surface area contributed by atoms with E-state index in [1.54, 1.807) is 18.2 Å². The van der Waals surface area contributed by atoms with Crippen molar-refractivity contribution in [1.82, 2.24) is 5.43 Å². The van der Waals surface area contributed by atoms with Crippen LogP contribution >= 0.6 is 12.2 Å². The molecule has 2 aromatic rings. The van der Waals surface area contributed by atoms with Crippen LogP contribution in [-0.2, 0) is 0 Å². The van der Waals surface area contributed by atoms with E-state index >= 15 is 0 Å². The third kappa shape index (κ3) is 4.10. The van der Waals surface area contributed by atoms with E-state index in [9.17, 15) is 4.39 Å². The lowest BCUT2D eigenvalue weighted by molar-refractivity contribution is 0.626. The molecule has 0 aliphatic heterocycles. The van der Waals surface area contributed by atoms with Crippen LogP contribution in [0.25, 0.3) is 0 Å². The minimum absolute atomic E-state index is 0.323. The molecule has 108 valence electrons. The summed E-state index contributed by atoms with van der Waals surface area (Å²) in [6.07, 6.45) is 1.40. The van der Waals surface area contributed by atoms with Crippen LogP contribution in [0.5, 0.6) is 0 Å². The maximum absolute atomic E-state index is 13.4. The van der Waals surface area contributed by atoms with Crippen LogP contribution in [-0.4, -0.2) is 11.3 Å². The highest BCUT2D eigenvalue weighted by molar-refractivity contribution is 7.80. The fourth-order valence-electron chi connectivity index (χ4n) is 1.78. The van der Waals surface area contributed by atoms with Crippen LogP contribution in [0, 0.1) is 19.7 Å². The van der Waals surface area contributed by atoms with Crippen molar-refractivity contribution in [3.05, 3.63) is 65.0 Å². The fraction of sp³-hybridized carbons (Fsp3) is 0.125. The van der Waals surface area contributed by atoms with E-state index in [-0.39, 0.29) is 5.82 Å². The van der Waals surface area contributed by atoms with E-state index in [2.05, 4.69) is 15.8 Å². The Morgan fingerprint density at radius 1 is 1.14 bits per heavy atom. The van der Waals surface area contributed by atoms with Crippen molar-refractivity contribution in [2.24, 2.45) is 5.10 Å². The number of halogens is 1. The second-order valence-corrected chi connectivity index (χ2v) is 5.00. The van der Waals surface area contributed by atoms with Crippen LogP contribution < -0.4 is 10.7 Å². The van der Waals surface area contributed by atoms with E-state index < -0.39 is 0 Å². The number of rotatable bonds is 3. The van der Waals surface area contributed by atoms with Crippen molar-refractivity contribution < 1.29 is 4.39 Å². The van der Waals surface area contributed by atoms with Gasteiger partial charge in [0.05, 0.1) is 6.21 Å². The van der Waals surface area contributed by atoms with E-state index in [1.807, 2.05) is 32.0 Å². The van der Waals surface area contributed by atoms with Crippen molar-refractivity contribution >= 4 is 29.2 Å². The van der Waals surface area contributed by atoms with Crippen molar-refractivity contribution in [2.75, 3.05) is 5.32 Å². The lowest BCUT2D eigenvalue weighted by Gasteiger charge is -2.11. The molecule has 0 aliphatic carbocycles. The van der Waals surface area contributed by atoms with Gasteiger partial charge in [0.1, 0.15) is 5.82 Å². The molecule has 0 atom stereocenters. The minimum Gasteiger partial charge on any atom is -0.331 e. The summed E-state index contributed by atoms with van der Waals surface area (Å²) in [7, 11) is 0. The molecule has 0 unspecified atom stereocenters. The first-order valence-corrected chi connectivity index (χ1v) is 6.89. The Balaban J connectivity index is 1.97. The molecule has 0 aromatic heterocycles. The third-order valence-electron chi connectivity index (χ3n) is 3.13. The summed E-state index contributed by atoms with van der Waals surface area (Å²) < 4.78 is 13.4. The summed E-state index contributed by atoms with van der Waals surface area (Å²) >= 11 is 5.16. The second kappa shape index (κ2) is 6.95. The van der Waals surface area contributed by atoms with Crippen LogP contribution in [0.4, 0.5) is 10.1 Å². The van der Waals surface area contributed by atoms with Gasteiger partial charge in [-0.15, -0.1) is 0 Å². The maximum atomic E-state index is 13.4. The third-order valence-corrected chi connectivity index (χ3v) is 3.32. The molecule has 0 heterocycles. The molecule has 3 nitrogen and oxygen atoms in total. The van der Waals surface area contributed by atoms with Gasteiger partial charge in [0, 0.05) is 11.3 Å². The number of benzene rings is 2. The number of anilines is 1. The monoisotopic (exact) mass is 301 g/mol. The summed E-state index contributed by atoms with van der Waals surface area (Å²) in [6, 6.07) is 12.3. The van der Waals surface area contributed by atoms with E-state index in [4.69, 9.17) is 12.2 Å². The highest BCUT2D eigenvalue weighted by atomic mass is 32.1. The van der Waals surface area contributed by atoms with Crippen molar-refractivity contribution in [2.45, 2.75) is 13.8 Å². The SMILES string of the molecule is Cc1cccc(NC(=S)N/N=C\c2ccccc2F)c1C. The predicted molar refractivity (Wildman–Crippen MR) is 89.3 cm³/mol. The predicted octanol–water partition coefficient (Wildman–Crippen LogP) is 3.76. The molecule has 2 aromatic carbocycles. The molecule has 0 saturated carbocycles. The average Bonchev–Trinajstić information content (AvgIpc) is 2.46. The van der Waals surface area contributed by atoms with Gasteiger partial charge in [0.2, 0.25) is 0 Å². The molecule has 0 aliphatic rings. The zero-order valence-corrected chi connectivity index (χ0v) is 12.7. The van der Waals surface area contributed by atoms with Gasteiger partial charge in [-0.1, -0.05) is 30.3 Å². The van der Waals surface area contributed by atoms with Crippen LogP contribution in [0.1, 0.15) is 16.7 Å². The Kier molecular flexibility index (Phi) is 5.00. The minimum atomic E-state index is -0.323. The van der Waals surface area contributed by atoms with Gasteiger partial charge in [0.15, 0.2) is 5.11 Å². The van der Waals surface area contributed by atoms with Crippen molar-refractivity contribution in [3.8, 4) is 0 Å². The zero-order chi connectivity index (χ0) is 15.2. The van der Waals surface area contributed by atoms with Crippen molar-refractivity contribution in [3.63, 3.8) is 0 Å². The normalized spacial score (nSPS) is 10.6. The van der Waals surface area contributed by atoms with E-state index in [0.29, 0.717) is 10.7 Å². The molecule has 5 heteroatoms. The van der Waals surface area contributed by atoms with Gasteiger partial charge >= 0.3 is 0 Å². The summed E-state index contributed by atoms with van der Waals surface area (Å²) in [5.41, 5.74) is 6.31. The molecule has 2 rings (SSSR count). The Morgan fingerprint density at radius 2 is 1.90 bits per heavy atom. The maximum Gasteiger partial charge on any atom is 0.191 e. The standard InChI is InChI=1S/C16H16FN3S/c1-11-6-5-9-15(12(11)2)19-16(21)20-18-10-13-7-3-4-8-14(13)17/h3-10H,1-2H3,(H2,19,20,21)/b18-10-. The molecule has 0 bridgehead atoms. The molecule has 0 saturated heterocycles. The first-order valence-electron chi connectivity index (χ1n) is 6.48. The van der Waals surface area contributed by atoms with E-state index in [1.165, 1.54) is 17.8 Å². The van der Waals surface area contributed by atoms with Crippen LogP contribution in [0.3, 0.4) is 0 Å². The van der Waals surface area contributed by atoms with Crippen molar-refractivity contribution in [1.29, 1.82) is 0 Å². The number of nitrogens with zero attached hydrogens (tertiary/aromatic N) is 1. The summed E-state index contributed by atoms with van der Waals surface area (Å²) in [6.45, 7) is 4.05. The topological polar surface area (TPSA) is 36.4 Å². The first-order chi connectivity index (χ1) is 10.1. The first kappa shape index (κ1) is 15.1. The summed E-state index contributed by atoms with van der Waals surface area (Å²) in [5.74, 6) is -0.323. The number of nitrogens with one attached hydrogen (secondary N) is 2. The number of hydrazone groups is 1. The van der Waals surface area contributed by atoms with Gasteiger partial charge < -0.3 is 5.32 Å². The smallest absolute Gasteiger partial charge is 0.191 e. The molecule has 2 N–H and O–H groups in total. The molecule has 0 fully saturated rings. The van der Waals surface area contributed by atoms with Gasteiger partial charge in [-0.2, -0.15) is 5.10 Å². The van der Waals surface area contributed by atoms with Gasteiger partial charge in [-0.05, 0) is 49.3 Å². The zero-order valence-electron chi connectivity index (χ0n) is 11.9. The summed E-state index contributed by atoms with van der Waals surface area (Å²) in [4.78, 5) is 0. The molecule has 21 heavy (non-hydrogen) atoms. The van der Waals surface area contributed by atoms with E-state index in [0.717, 1.165) is 11.3 Å². The molecule has 0 radical (unpaired) electrons. The number of thiocarbonyl (C=S) groups is 1. The highest BCUT2D eigenvalue weighted by Gasteiger charge is 2.02. The number of aryl methyl sites for hydroxylation is 1. The Bertz CT molecular complexity index is 683. The molecule has 0 amide bonds. The largest absolute Gasteiger partial charge is 0.331 e. The van der Waals surface area contributed by atoms with Gasteiger partial charge in [-0.3, -0.25) is 5.43 Å². The number of hydrogen-bond acceptors (Lipinski definition) is 2. The average molecular weight is 301 g/mol. The Labute approximate surface area is 128 Å². The fourth-order valence-corrected chi connectivity index (χ4v) is 1.94. The summed E-state index contributed by atoms with van der Waals surface area (Å²) in [5, 5.41) is 7.35. The second-order valence-electron chi connectivity index (χ2n) is 4.59. The Hall–Kier alpha value is -2.27. The van der Waals surface area contributed by atoms with Gasteiger partial charge in [0.25, 0.3) is 0 Å². The Morgan fingerprint density at radius 3 is 2.67 bits per heavy atom. The van der Waals surface area contributed by atoms with Crippen LogP contribution in [0.15, 0.2) is 47.6 Å².